The van der Waals surface area contributed by atoms with E-state index in [1.807, 2.05) is 48.2 Å². The molecule has 0 aromatic heterocycles. The molecule has 0 spiro atoms. The zero-order chi connectivity index (χ0) is 15.5. The van der Waals surface area contributed by atoms with Crippen LogP contribution in [0.15, 0.2) is 36.4 Å². The average molecular weight is 317 g/mol. The Morgan fingerprint density at radius 2 is 1.77 bits per heavy atom. The first-order chi connectivity index (χ1) is 10.8. The zero-order valence-electron chi connectivity index (χ0n) is 13.3. The predicted molar refractivity (Wildman–Crippen MR) is 97.1 cm³/mol. The summed E-state index contributed by atoms with van der Waals surface area (Å²) >= 11 is 2.04. The highest BCUT2D eigenvalue weighted by Gasteiger charge is 2.11. The molecule has 0 unspecified atom stereocenters. The van der Waals surface area contributed by atoms with Gasteiger partial charge >= 0.3 is 0 Å². The Hall–Kier alpha value is -1.22. The summed E-state index contributed by atoms with van der Waals surface area (Å²) in [5, 5.41) is 3.78. The predicted octanol–water partition coefficient (Wildman–Crippen LogP) is 4.66. The quantitative estimate of drug-likeness (QED) is 0.610. The van der Waals surface area contributed by atoms with Crippen LogP contribution in [0.5, 0.6) is 0 Å². The molecule has 1 amide bonds. The molecule has 1 fully saturated rings. The largest absolute Gasteiger partial charge is 0.352 e. The van der Waals surface area contributed by atoms with Crippen molar-refractivity contribution in [1.29, 1.82) is 0 Å². The fourth-order valence-corrected chi connectivity index (χ4v) is 4.00. The van der Waals surface area contributed by atoms with Crippen molar-refractivity contribution in [3.8, 4) is 0 Å². The Balaban J connectivity index is 1.59. The Kier molecular flexibility index (Phi) is 8.18. The van der Waals surface area contributed by atoms with E-state index in [4.69, 9.17) is 0 Å². The van der Waals surface area contributed by atoms with E-state index in [9.17, 15) is 4.79 Å². The molecular weight excluding hydrogens is 290 g/mol. The van der Waals surface area contributed by atoms with Gasteiger partial charge < -0.3 is 5.32 Å². The van der Waals surface area contributed by atoms with E-state index < -0.39 is 0 Å². The van der Waals surface area contributed by atoms with Crippen molar-refractivity contribution >= 4 is 23.7 Å². The summed E-state index contributed by atoms with van der Waals surface area (Å²) in [5.41, 5.74) is 1.06. The van der Waals surface area contributed by atoms with Crippen molar-refractivity contribution in [1.82, 2.24) is 5.32 Å². The van der Waals surface area contributed by atoms with Gasteiger partial charge in [-0.05, 0) is 24.5 Å². The molecule has 0 radical (unpaired) electrons. The summed E-state index contributed by atoms with van der Waals surface area (Å²) in [6.45, 7) is 0.763. The molecule has 1 N–H and O–H groups in total. The Labute approximate surface area is 138 Å². The van der Waals surface area contributed by atoms with Gasteiger partial charge in [-0.2, -0.15) is 11.8 Å². The lowest BCUT2D eigenvalue weighted by Gasteiger charge is -2.19. The van der Waals surface area contributed by atoms with Gasteiger partial charge in [-0.1, -0.05) is 62.4 Å². The van der Waals surface area contributed by atoms with Gasteiger partial charge in [-0.25, -0.2) is 0 Å². The fraction of sp³-hybridized carbons (Fsp3) is 0.526. The van der Waals surface area contributed by atoms with E-state index in [-0.39, 0.29) is 5.91 Å². The SMILES string of the molecule is O=C(/C=C/c1ccccc1)NCCSC1CCCCCCC1. The maximum Gasteiger partial charge on any atom is 0.244 e. The molecule has 1 aliphatic carbocycles. The molecule has 0 atom stereocenters. The van der Waals surface area contributed by atoms with Crippen molar-refractivity contribution in [3.63, 3.8) is 0 Å². The monoisotopic (exact) mass is 317 g/mol. The second-order valence-electron chi connectivity index (χ2n) is 5.87. The summed E-state index contributed by atoms with van der Waals surface area (Å²) in [5.74, 6) is 1.03. The molecule has 0 aliphatic heterocycles. The molecule has 120 valence electrons. The minimum atomic E-state index is 0.00196. The molecule has 0 saturated heterocycles. The summed E-state index contributed by atoms with van der Waals surface area (Å²) < 4.78 is 0. The fourth-order valence-electron chi connectivity index (χ4n) is 2.78. The normalized spacial score (nSPS) is 17.1. The molecule has 2 rings (SSSR count). The van der Waals surface area contributed by atoms with Crippen LogP contribution in [0.25, 0.3) is 6.08 Å². The third-order valence-corrected chi connectivity index (χ3v) is 5.42. The summed E-state index contributed by atoms with van der Waals surface area (Å²) in [6.07, 6.45) is 13.2. The number of nitrogens with one attached hydrogen (secondary N) is 1. The molecule has 1 saturated carbocycles. The van der Waals surface area contributed by atoms with Gasteiger partial charge in [-0.15, -0.1) is 0 Å². The lowest BCUT2D eigenvalue weighted by atomic mass is 10.0. The van der Waals surface area contributed by atoms with E-state index >= 15 is 0 Å². The number of carbonyl (C=O) groups excluding carboxylic acids is 1. The molecule has 22 heavy (non-hydrogen) atoms. The molecule has 1 aromatic carbocycles. The minimum Gasteiger partial charge on any atom is -0.352 e. The van der Waals surface area contributed by atoms with Gasteiger partial charge in [0.25, 0.3) is 0 Å². The van der Waals surface area contributed by atoms with E-state index in [0.29, 0.717) is 0 Å². The summed E-state index contributed by atoms with van der Waals surface area (Å²) in [7, 11) is 0. The van der Waals surface area contributed by atoms with Crippen LogP contribution in [0.1, 0.15) is 50.5 Å². The molecule has 1 aliphatic rings. The van der Waals surface area contributed by atoms with Crippen LogP contribution in [0, 0.1) is 0 Å². The number of benzene rings is 1. The highest BCUT2D eigenvalue weighted by molar-refractivity contribution is 7.99. The second kappa shape index (κ2) is 10.5. The number of hydrogen-bond donors (Lipinski definition) is 1. The van der Waals surface area contributed by atoms with E-state index in [0.717, 1.165) is 23.1 Å². The Bertz CT molecular complexity index is 450. The zero-order valence-corrected chi connectivity index (χ0v) is 14.1. The van der Waals surface area contributed by atoms with Crippen LogP contribution in [0.3, 0.4) is 0 Å². The summed E-state index contributed by atoms with van der Waals surface area (Å²) in [6, 6.07) is 9.92. The lowest BCUT2D eigenvalue weighted by molar-refractivity contribution is -0.116. The first kappa shape index (κ1) is 17.1. The number of amides is 1. The number of thioether (sulfide) groups is 1. The number of rotatable bonds is 6. The standard InChI is InChI=1S/C19H27NOS/c21-19(14-13-17-9-5-4-6-10-17)20-15-16-22-18-11-7-2-1-3-8-12-18/h4-6,9-10,13-14,18H,1-3,7-8,11-12,15-16H2,(H,20,21)/b14-13+. The van der Waals surface area contributed by atoms with Gasteiger partial charge in [0.05, 0.1) is 0 Å². The molecule has 3 heteroatoms. The van der Waals surface area contributed by atoms with Gasteiger partial charge in [0.15, 0.2) is 0 Å². The average Bonchev–Trinajstić information content (AvgIpc) is 2.52. The van der Waals surface area contributed by atoms with Gasteiger partial charge in [0.1, 0.15) is 0 Å². The first-order valence-corrected chi connectivity index (χ1v) is 9.52. The highest BCUT2D eigenvalue weighted by atomic mass is 32.2. The third-order valence-electron chi connectivity index (χ3n) is 4.03. The molecule has 1 aromatic rings. The Morgan fingerprint density at radius 1 is 1.09 bits per heavy atom. The van der Waals surface area contributed by atoms with Crippen LogP contribution in [-0.4, -0.2) is 23.5 Å². The molecule has 0 bridgehead atoms. The van der Waals surface area contributed by atoms with Gasteiger partial charge in [0.2, 0.25) is 5.91 Å². The van der Waals surface area contributed by atoms with Crippen LogP contribution in [0.2, 0.25) is 0 Å². The topological polar surface area (TPSA) is 29.1 Å². The Morgan fingerprint density at radius 3 is 2.50 bits per heavy atom. The smallest absolute Gasteiger partial charge is 0.244 e. The van der Waals surface area contributed by atoms with Crippen LogP contribution < -0.4 is 5.32 Å². The van der Waals surface area contributed by atoms with Crippen LogP contribution in [0.4, 0.5) is 0 Å². The summed E-state index contributed by atoms with van der Waals surface area (Å²) in [4.78, 5) is 11.8. The minimum absolute atomic E-state index is 0.00196. The lowest BCUT2D eigenvalue weighted by Crippen LogP contribution is -2.24. The highest BCUT2D eigenvalue weighted by Crippen LogP contribution is 2.26. The van der Waals surface area contributed by atoms with Crippen LogP contribution >= 0.6 is 11.8 Å². The van der Waals surface area contributed by atoms with Crippen LogP contribution in [-0.2, 0) is 4.79 Å². The molecule has 2 nitrogen and oxygen atoms in total. The van der Waals surface area contributed by atoms with Gasteiger partial charge in [0, 0.05) is 23.6 Å². The first-order valence-electron chi connectivity index (χ1n) is 8.47. The molecule has 0 heterocycles. The van der Waals surface area contributed by atoms with E-state index in [1.165, 1.54) is 44.9 Å². The van der Waals surface area contributed by atoms with Crippen molar-refractivity contribution in [3.05, 3.63) is 42.0 Å². The van der Waals surface area contributed by atoms with Crippen molar-refractivity contribution in [2.24, 2.45) is 0 Å². The van der Waals surface area contributed by atoms with Crippen molar-refractivity contribution in [2.45, 2.75) is 50.2 Å². The van der Waals surface area contributed by atoms with E-state index in [2.05, 4.69) is 5.32 Å². The number of hydrogen-bond acceptors (Lipinski definition) is 2. The van der Waals surface area contributed by atoms with E-state index in [1.54, 1.807) is 6.08 Å². The second-order valence-corrected chi connectivity index (χ2v) is 7.28. The molecular formula is C19H27NOS. The van der Waals surface area contributed by atoms with Gasteiger partial charge in [-0.3, -0.25) is 4.79 Å². The van der Waals surface area contributed by atoms with Crippen molar-refractivity contribution in [2.75, 3.05) is 12.3 Å². The van der Waals surface area contributed by atoms with Crippen molar-refractivity contribution < 1.29 is 4.79 Å². The maximum atomic E-state index is 11.8. The maximum absolute atomic E-state index is 11.8. The number of carbonyl (C=O) groups is 1. The third kappa shape index (κ3) is 7.17.